The molecule has 0 aliphatic rings. The second kappa shape index (κ2) is 6.76. The predicted molar refractivity (Wildman–Crippen MR) is 99.6 cm³/mol. The first-order valence-electron chi connectivity index (χ1n) is 7.44. The van der Waals surface area contributed by atoms with E-state index >= 15 is 0 Å². The third-order valence-corrected chi connectivity index (χ3v) is 4.61. The van der Waals surface area contributed by atoms with Gasteiger partial charge in [0.1, 0.15) is 22.0 Å². The number of ether oxygens (including phenoxy) is 1. The number of H-pyrrole nitrogens is 1. The Labute approximate surface area is 153 Å². The second-order valence-electron chi connectivity index (χ2n) is 5.72. The Hall–Kier alpha value is -2.16. The number of aromatic amines is 1. The van der Waals surface area contributed by atoms with Crippen molar-refractivity contribution < 1.29 is 4.74 Å². The van der Waals surface area contributed by atoms with Gasteiger partial charge in [-0.05, 0) is 66.6 Å². The fourth-order valence-corrected chi connectivity index (χ4v) is 3.16. The van der Waals surface area contributed by atoms with E-state index in [4.69, 9.17) is 4.74 Å². The highest BCUT2D eigenvalue weighted by atomic mass is 127. The van der Waals surface area contributed by atoms with Gasteiger partial charge in [-0.3, -0.25) is 4.79 Å². The number of aryl methyl sites for hydroxylation is 3. The zero-order chi connectivity index (χ0) is 17.3. The van der Waals surface area contributed by atoms with Crippen LogP contribution in [0.5, 0.6) is 11.5 Å². The first-order chi connectivity index (χ1) is 11.4. The summed E-state index contributed by atoms with van der Waals surface area (Å²) in [5, 5.41) is 4.14. The van der Waals surface area contributed by atoms with Crippen molar-refractivity contribution >= 4 is 22.6 Å². The summed E-state index contributed by atoms with van der Waals surface area (Å²) in [7, 11) is 0. The van der Waals surface area contributed by atoms with E-state index in [1.54, 1.807) is 11.0 Å². The van der Waals surface area contributed by atoms with Crippen LogP contribution in [0.25, 0.3) is 0 Å². The highest BCUT2D eigenvalue weighted by Crippen LogP contribution is 2.31. The van der Waals surface area contributed by atoms with E-state index in [1.807, 2.05) is 55.5 Å². The van der Waals surface area contributed by atoms with Crippen LogP contribution in [-0.4, -0.2) is 19.7 Å². The van der Waals surface area contributed by atoms with Gasteiger partial charge in [0, 0.05) is 11.3 Å². The van der Waals surface area contributed by atoms with Gasteiger partial charge in [-0.25, -0.2) is 9.67 Å². The van der Waals surface area contributed by atoms with E-state index in [9.17, 15) is 4.79 Å². The summed E-state index contributed by atoms with van der Waals surface area (Å²) < 4.78 is 8.34. The van der Waals surface area contributed by atoms with Gasteiger partial charge in [-0.1, -0.05) is 6.07 Å². The molecule has 0 saturated carbocycles. The minimum Gasteiger partial charge on any atom is -0.456 e. The maximum atomic E-state index is 12.2. The first kappa shape index (κ1) is 16.7. The van der Waals surface area contributed by atoms with Gasteiger partial charge in [0.2, 0.25) is 0 Å². The van der Waals surface area contributed by atoms with E-state index in [1.165, 1.54) is 6.33 Å². The Morgan fingerprint density at radius 3 is 2.54 bits per heavy atom. The van der Waals surface area contributed by atoms with Gasteiger partial charge >= 0.3 is 0 Å². The third kappa shape index (κ3) is 3.50. The fraction of sp³-hybridized carbons (Fsp3) is 0.235. The quantitative estimate of drug-likeness (QED) is 0.637. The molecule has 3 rings (SSSR count). The Balaban J connectivity index is 2.09. The summed E-state index contributed by atoms with van der Waals surface area (Å²) in [5.41, 5.74) is 3.70. The number of hydrogen-bond acceptors (Lipinski definition) is 4. The maximum Gasteiger partial charge on any atom is 0.265 e. The Morgan fingerprint density at radius 2 is 1.92 bits per heavy atom. The average Bonchev–Trinajstić information content (AvgIpc) is 3.00. The van der Waals surface area contributed by atoms with Crippen LogP contribution in [0.4, 0.5) is 0 Å². The van der Waals surface area contributed by atoms with Crippen LogP contribution in [0.2, 0.25) is 0 Å². The maximum absolute atomic E-state index is 12.2. The summed E-state index contributed by atoms with van der Waals surface area (Å²) in [6.45, 7) is 6.37. The smallest absolute Gasteiger partial charge is 0.265 e. The van der Waals surface area contributed by atoms with Gasteiger partial charge < -0.3 is 9.72 Å². The summed E-state index contributed by atoms with van der Waals surface area (Å²) >= 11 is 2.02. The van der Waals surface area contributed by atoms with Crippen LogP contribution < -0.4 is 10.3 Å². The molecule has 3 aromatic rings. The largest absolute Gasteiger partial charge is 0.456 e. The molecule has 0 aliphatic heterocycles. The number of halogens is 1. The molecule has 1 aromatic carbocycles. The molecule has 0 fully saturated rings. The molecule has 0 amide bonds. The molecule has 7 heteroatoms. The lowest BCUT2D eigenvalue weighted by molar-refractivity contribution is 0.464. The zero-order valence-electron chi connectivity index (χ0n) is 13.6. The van der Waals surface area contributed by atoms with Crippen molar-refractivity contribution in [2.45, 2.75) is 27.3 Å². The van der Waals surface area contributed by atoms with Crippen molar-refractivity contribution in [1.82, 2.24) is 19.7 Å². The van der Waals surface area contributed by atoms with Crippen molar-refractivity contribution in [2.75, 3.05) is 0 Å². The lowest BCUT2D eigenvalue weighted by Crippen LogP contribution is -2.17. The molecule has 0 radical (unpaired) electrons. The molecule has 0 bridgehead atoms. The molecular formula is C17H17IN4O2. The Bertz CT molecular complexity index is 912. The minimum absolute atomic E-state index is 0.158. The third-order valence-electron chi connectivity index (χ3n) is 3.63. The van der Waals surface area contributed by atoms with E-state index < -0.39 is 0 Å². The molecule has 0 aliphatic carbocycles. The first-order valence-corrected chi connectivity index (χ1v) is 8.51. The van der Waals surface area contributed by atoms with Gasteiger partial charge in [-0.2, -0.15) is 5.10 Å². The van der Waals surface area contributed by atoms with Crippen LogP contribution in [-0.2, 0) is 6.54 Å². The van der Waals surface area contributed by atoms with Crippen molar-refractivity contribution in [1.29, 1.82) is 0 Å². The molecule has 0 unspecified atom stereocenters. The number of nitrogens with zero attached hydrogens (tertiary/aromatic N) is 3. The molecule has 6 nitrogen and oxygen atoms in total. The van der Waals surface area contributed by atoms with E-state index in [0.29, 0.717) is 15.9 Å². The standard InChI is InChI=1S/C17H17IN4O2/c1-10-4-11(2)6-13(5-10)24-16-14(7-22-9-19-8-20-22)12(3)21-17(23)15(16)18/h4-6,8-9H,7H2,1-3H3,(H,21,23). The molecule has 2 aromatic heterocycles. The van der Waals surface area contributed by atoms with Gasteiger partial charge in [0.25, 0.3) is 5.56 Å². The van der Waals surface area contributed by atoms with Crippen LogP contribution in [0.15, 0.2) is 35.6 Å². The zero-order valence-corrected chi connectivity index (χ0v) is 15.8. The fourth-order valence-electron chi connectivity index (χ4n) is 2.59. The summed E-state index contributed by atoms with van der Waals surface area (Å²) in [6.07, 6.45) is 3.12. The summed E-state index contributed by atoms with van der Waals surface area (Å²) in [5.74, 6) is 1.28. The molecule has 0 spiro atoms. The summed E-state index contributed by atoms with van der Waals surface area (Å²) in [6, 6.07) is 5.99. The normalized spacial score (nSPS) is 10.8. The highest BCUT2D eigenvalue weighted by Gasteiger charge is 2.17. The monoisotopic (exact) mass is 436 g/mol. The van der Waals surface area contributed by atoms with Crippen molar-refractivity contribution in [2.24, 2.45) is 0 Å². The molecule has 24 heavy (non-hydrogen) atoms. The number of hydrogen-bond donors (Lipinski definition) is 1. The van der Waals surface area contributed by atoms with Gasteiger partial charge in [0.05, 0.1) is 6.54 Å². The molecule has 2 heterocycles. The number of benzene rings is 1. The second-order valence-corrected chi connectivity index (χ2v) is 6.80. The molecule has 0 saturated heterocycles. The van der Waals surface area contributed by atoms with Gasteiger partial charge in [-0.15, -0.1) is 0 Å². The lowest BCUT2D eigenvalue weighted by atomic mass is 10.1. The molecular weight excluding hydrogens is 419 g/mol. The molecule has 1 N–H and O–H groups in total. The van der Waals surface area contributed by atoms with Crippen molar-refractivity contribution in [3.05, 3.63) is 67.2 Å². The lowest BCUT2D eigenvalue weighted by Gasteiger charge is -2.16. The van der Waals surface area contributed by atoms with Crippen molar-refractivity contribution in [3.63, 3.8) is 0 Å². The topological polar surface area (TPSA) is 72.8 Å². The number of nitrogens with one attached hydrogen (secondary N) is 1. The average molecular weight is 436 g/mol. The highest BCUT2D eigenvalue weighted by molar-refractivity contribution is 14.1. The van der Waals surface area contributed by atoms with Gasteiger partial charge in [0.15, 0.2) is 5.75 Å². The summed E-state index contributed by atoms with van der Waals surface area (Å²) in [4.78, 5) is 19.0. The number of rotatable bonds is 4. The Kier molecular flexibility index (Phi) is 4.70. The van der Waals surface area contributed by atoms with E-state index in [0.717, 1.165) is 28.1 Å². The minimum atomic E-state index is -0.158. The molecule has 0 atom stereocenters. The van der Waals surface area contributed by atoms with Crippen molar-refractivity contribution in [3.8, 4) is 11.5 Å². The van der Waals surface area contributed by atoms with Crippen LogP contribution in [0.1, 0.15) is 22.4 Å². The van der Waals surface area contributed by atoms with Crippen LogP contribution in [0.3, 0.4) is 0 Å². The SMILES string of the molecule is Cc1cc(C)cc(Oc2c(Cn3cncn3)c(C)[nH]c(=O)c2I)c1. The van der Waals surface area contributed by atoms with E-state index in [2.05, 4.69) is 21.1 Å². The number of pyridine rings is 1. The predicted octanol–water partition coefficient (Wildman–Crippen LogP) is 3.34. The van der Waals surface area contributed by atoms with Crippen LogP contribution in [0, 0.1) is 24.3 Å². The molecule has 124 valence electrons. The van der Waals surface area contributed by atoms with E-state index in [-0.39, 0.29) is 5.56 Å². The number of aromatic nitrogens is 4. The van der Waals surface area contributed by atoms with Crippen LogP contribution >= 0.6 is 22.6 Å². The Morgan fingerprint density at radius 1 is 1.21 bits per heavy atom.